The smallest absolute Gasteiger partial charge is 0.315 e. The van der Waals surface area contributed by atoms with E-state index in [4.69, 9.17) is 0 Å². The molecule has 1 aliphatic carbocycles. The van der Waals surface area contributed by atoms with Gasteiger partial charge in [0.2, 0.25) is 11.7 Å². The largest absolute Gasteiger partial charge is 0.349 e. The number of hydrogen-bond acceptors (Lipinski definition) is 4. The number of amides is 1. The molecular weight excluding hydrogens is 304 g/mol. The van der Waals surface area contributed by atoms with Crippen molar-refractivity contribution in [2.75, 3.05) is 0 Å². The summed E-state index contributed by atoms with van der Waals surface area (Å²) in [6, 6.07) is 5.52. The molecule has 0 saturated carbocycles. The number of alkyl halides is 2. The molecule has 3 rings (SSSR count). The molecule has 1 aromatic heterocycles. The van der Waals surface area contributed by atoms with E-state index in [-0.39, 0.29) is 23.7 Å². The van der Waals surface area contributed by atoms with Crippen LogP contribution in [0.25, 0.3) is 11.4 Å². The van der Waals surface area contributed by atoms with Crippen molar-refractivity contribution < 1.29 is 18.1 Å². The van der Waals surface area contributed by atoms with E-state index in [0.717, 1.165) is 24.0 Å². The second-order valence-corrected chi connectivity index (χ2v) is 5.93. The standard InChI is InChI=1S/C16H17F2N3O2/c1-8(2)15(22)19-12-6-4-9-7-10(3-5-11(9)12)14-20-16(13(17)18)23-21-14/h3,5,7-8,12-13H,4,6H2,1-2H3,(H,19,22)/t12-/m1/s1. The van der Waals surface area contributed by atoms with E-state index in [0.29, 0.717) is 5.56 Å². The average molecular weight is 321 g/mol. The third-order valence-corrected chi connectivity index (χ3v) is 3.95. The van der Waals surface area contributed by atoms with E-state index in [1.54, 1.807) is 6.07 Å². The van der Waals surface area contributed by atoms with Crippen molar-refractivity contribution in [1.82, 2.24) is 15.5 Å². The van der Waals surface area contributed by atoms with Gasteiger partial charge in [0, 0.05) is 11.5 Å². The summed E-state index contributed by atoms with van der Waals surface area (Å²) < 4.78 is 29.6. The predicted octanol–water partition coefficient (Wildman–Crippen LogP) is 3.43. The van der Waals surface area contributed by atoms with Crippen LogP contribution in [0.1, 0.15) is 49.8 Å². The third kappa shape index (κ3) is 3.09. The molecule has 0 saturated heterocycles. The highest BCUT2D eigenvalue weighted by molar-refractivity contribution is 5.78. The molecule has 23 heavy (non-hydrogen) atoms. The van der Waals surface area contributed by atoms with Gasteiger partial charge in [0.05, 0.1) is 6.04 Å². The molecule has 0 spiro atoms. The maximum atomic E-state index is 12.5. The lowest BCUT2D eigenvalue weighted by Crippen LogP contribution is -2.30. The van der Waals surface area contributed by atoms with Gasteiger partial charge in [-0.15, -0.1) is 0 Å². The van der Waals surface area contributed by atoms with E-state index in [1.807, 2.05) is 26.0 Å². The number of halogens is 2. The van der Waals surface area contributed by atoms with E-state index in [2.05, 4.69) is 20.0 Å². The lowest BCUT2D eigenvalue weighted by Gasteiger charge is -2.16. The molecule has 0 bridgehead atoms. The van der Waals surface area contributed by atoms with Crippen LogP contribution >= 0.6 is 0 Å². The van der Waals surface area contributed by atoms with Crippen molar-refractivity contribution in [2.24, 2.45) is 5.92 Å². The second kappa shape index (κ2) is 6.06. The van der Waals surface area contributed by atoms with Gasteiger partial charge in [-0.05, 0) is 30.0 Å². The topological polar surface area (TPSA) is 68.0 Å². The highest BCUT2D eigenvalue weighted by Crippen LogP contribution is 2.34. The summed E-state index contributed by atoms with van der Waals surface area (Å²) in [5.41, 5.74) is 2.76. The minimum Gasteiger partial charge on any atom is -0.349 e. The molecular formula is C16H17F2N3O2. The Kier molecular flexibility index (Phi) is 4.11. The van der Waals surface area contributed by atoms with Crippen molar-refractivity contribution in [1.29, 1.82) is 0 Å². The first-order valence-corrected chi connectivity index (χ1v) is 7.51. The lowest BCUT2D eigenvalue weighted by atomic mass is 10.0. The first-order valence-electron chi connectivity index (χ1n) is 7.51. The van der Waals surface area contributed by atoms with Crippen molar-refractivity contribution in [3.8, 4) is 11.4 Å². The minimum absolute atomic E-state index is 0.00385. The molecule has 7 heteroatoms. The summed E-state index contributed by atoms with van der Waals surface area (Å²) in [6.45, 7) is 3.70. The zero-order chi connectivity index (χ0) is 16.6. The number of rotatable bonds is 4. The minimum atomic E-state index is -2.78. The molecule has 1 heterocycles. The third-order valence-electron chi connectivity index (χ3n) is 3.95. The molecule has 2 aromatic rings. The van der Waals surface area contributed by atoms with Crippen LogP contribution < -0.4 is 5.32 Å². The number of aryl methyl sites for hydroxylation is 1. The van der Waals surface area contributed by atoms with Gasteiger partial charge in [0.1, 0.15) is 0 Å². The maximum absolute atomic E-state index is 12.5. The number of aromatic nitrogens is 2. The molecule has 0 aliphatic heterocycles. The summed E-state index contributed by atoms with van der Waals surface area (Å²) in [4.78, 5) is 15.5. The van der Waals surface area contributed by atoms with Gasteiger partial charge in [-0.25, -0.2) is 0 Å². The van der Waals surface area contributed by atoms with Gasteiger partial charge in [-0.1, -0.05) is 31.1 Å². The molecule has 0 unspecified atom stereocenters. The number of carbonyl (C=O) groups excluding carboxylic acids is 1. The fraction of sp³-hybridized carbons (Fsp3) is 0.438. The molecule has 122 valence electrons. The highest BCUT2D eigenvalue weighted by Gasteiger charge is 2.26. The summed E-state index contributed by atoms with van der Waals surface area (Å²) in [7, 11) is 0. The normalized spacial score (nSPS) is 16.9. The van der Waals surface area contributed by atoms with Gasteiger partial charge < -0.3 is 9.84 Å². The van der Waals surface area contributed by atoms with E-state index in [1.165, 1.54) is 0 Å². The second-order valence-electron chi connectivity index (χ2n) is 5.93. The van der Waals surface area contributed by atoms with Gasteiger partial charge in [0.15, 0.2) is 0 Å². The quantitative estimate of drug-likeness (QED) is 0.937. The van der Waals surface area contributed by atoms with Crippen molar-refractivity contribution >= 4 is 5.91 Å². The average Bonchev–Trinajstić information content (AvgIpc) is 3.14. The van der Waals surface area contributed by atoms with E-state index < -0.39 is 12.3 Å². The van der Waals surface area contributed by atoms with Gasteiger partial charge in [-0.3, -0.25) is 4.79 Å². The summed E-state index contributed by atoms with van der Waals surface area (Å²) in [5.74, 6) is -0.572. The predicted molar refractivity (Wildman–Crippen MR) is 78.7 cm³/mol. The van der Waals surface area contributed by atoms with Crippen LogP contribution in [-0.2, 0) is 11.2 Å². The van der Waals surface area contributed by atoms with E-state index in [9.17, 15) is 13.6 Å². The zero-order valence-corrected chi connectivity index (χ0v) is 12.8. The Morgan fingerprint density at radius 2 is 2.17 bits per heavy atom. The molecule has 0 radical (unpaired) electrons. The van der Waals surface area contributed by atoms with Gasteiger partial charge >= 0.3 is 6.43 Å². The maximum Gasteiger partial charge on any atom is 0.315 e. The summed E-state index contributed by atoms with van der Waals surface area (Å²) >= 11 is 0. The number of nitrogens with zero attached hydrogens (tertiary/aromatic N) is 2. The van der Waals surface area contributed by atoms with Gasteiger partial charge in [-0.2, -0.15) is 13.8 Å². The SMILES string of the molecule is CC(C)C(=O)N[C@@H]1CCc2cc(-c3noc(C(F)F)n3)ccc21. The summed E-state index contributed by atoms with van der Waals surface area (Å²) in [5, 5.41) is 6.61. The molecule has 1 N–H and O–H groups in total. The van der Waals surface area contributed by atoms with Crippen LogP contribution in [-0.4, -0.2) is 16.0 Å². The van der Waals surface area contributed by atoms with Crippen LogP contribution in [0.5, 0.6) is 0 Å². The Morgan fingerprint density at radius 1 is 1.39 bits per heavy atom. The fourth-order valence-corrected chi connectivity index (χ4v) is 2.69. The van der Waals surface area contributed by atoms with Crippen LogP contribution in [0.2, 0.25) is 0 Å². The number of carbonyl (C=O) groups is 1. The van der Waals surface area contributed by atoms with Crippen LogP contribution in [0.3, 0.4) is 0 Å². The summed E-state index contributed by atoms with van der Waals surface area (Å²) in [6.07, 6.45) is -1.14. The van der Waals surface area contributed by atoms with Gasteiger partial charge in [0.25, 0.3) is 5.89 Å². The Labute approximate surface area is 132 Å². The molecule has 5 nitrogen and oxygen atoms in total. The number of nitrogens with one attached hydrogen (secondary N) is 1. The Bertz CT molecular complexity index is 728. The molecule has 1 aromatic carbocycles. The molecule has 1 amide bonds. The molecule has 1 atom stereocenters. The highest BCUT2D eigenvalue weighted by atomic mass is 19.3. The van der Waals surface area contributed by atoms with E-state index >= 15 is 0 Å². The number of benzene rings is 1. The molecule has 0 fully saturated rings. The zero-order valence-electron chi connectivity index (χ0n) is 12.8. The van der Waals surface area contributed by atoms with Crippen molar-refractivity contribution in [3.05, 3.63) is 35.2 Å². The lowest BCUT2D eigenvalue weighted by molar-refractivity contribution is -0.124. The number of hydrogen-bond donors (Lipinski definition) is 1. The van der Waals surface area contributed by atoms with Crippen LogP contribution in [0.15, 0.2) is 22.7 Å². The van der Waals surface area contributed by atoms with Crippen LogP contribution in [0, 0.1) is 5.92 Å². The Hall–Kier alpha value is -2.31. The Morgan fingerprint density at radius 3 is 2.83 bits per heavy atom. The van der Waals surface area contributed by atoms with Crippen molar-refractivity contribution in [2.45, 2.75) is 39.2 Å². The van der Waals surface area contributed by atoms with Crippen molar-refractivity contribution in [3.63, 3.8) is 0 Å². The van der Waals surface area contributed by atoms with Crippen LogP contribution in [0.4, 0.5) is 8.78 Å². The molecule has 1 aliphatic rings. The monoisotopic (exact) mass is 321 g/mol. The number of fused-ring (bicyclic) bond motifs is 1. The first-order chi connectivity index (χ1) is 11.0. The Balaban J connectivity index is 1.82. The first kappa shape index (κ1) is 15.6. The fourth-order valence-electron chi connectivity index (χ4n) is 2.69.